The summed E-state index contributed by atoms with van der Waals surface area (Å²) in [4.78, 5) is 0. The number of hydrogen-bond donors (Lipinski definition) is 0. The van der Waals surface area contributed by atoms with Crippen LogP contribution in [0.3, 0.4) is 0 Å². The van der Waals surface area contributed by atoms with Crippen molar-refractivity contribution in [3.63, 3.8) is 0 Å². The van der Waals surface area contributed by atoms with Gasteiger partial charge in [-0.25, -0.2) is 0 Å². The van der Waals surface area contributed by atoms with Gasteiger partial charge in [-0.05, 0) is 30.9 Å². The van der Waals surface area contributed by atoms with Crippen molar-refractivity contribution >= 4 is 11.0 Å². The normalized spacial score (nSPS) is 11.1. The molecule has 0 spiro atoms. The molecular weight excluding hydrogens is 200 g/mol. The minimum absolute atomic E-state index is 0.756. The molecule has 0 N–H and O–H groups in total. The molecule has 0 saturated heterocycles. The van der Waals surface area contributed by atoms with Gasteiger partial charge >= 0.3 is 0 Å². The maximum Gasteiger partial charge on any atom is 0.134 e. The Labute approximate surface area is 96.2 Å². The van der Waals surface area contributed by atoms with Gasteiger partial charge in [0.05, 0.1) is 6.26 Å². The van der Waals surface area contributed by atoms with E-state index in [4.69, 9.17) is 9.15 Å². The van der Waals surface area contributed by atoms with E-state index in [1.807, 2.05) is 24.5 Å². The number of hydrogen-bond acceptors (Lipinski definition) is 2. The molecule has 1 radical (unpaired) electrons. The Morgan fingerprint density at radius 2 is 2.06 bits per heavy atom. The van der Waals surface area contributed by atoms with Crippen LogP contribution in [0.1, 0.15) is 18.4 Å². The molecule has 2 heteroatoms. The first kappa shape index (κ1) is 11.2. The number of furan rings is 1. The van der Waals surface area contributed by atoms with Gasteiger partial charge in [0.2, 0.25) is 0 Å². The largest absolute Gasteiger partial charge is 0.464 e. The van der Waals surface area contributed by atoms with Gasteiger partial charge in [0.25, 0.3) is 0 Å². The van der Waals surface area contributed by atoms with Crippen LogP contribution in [0.25, 0.3) is 11.0 Å². The second-order valence-corrected chi connectivity index (χ2v) is 3.83. The summed E-state index contributed by atoms with van der Waals surface area (Å²) in [5, 5.41) is 1.22. The van der Waals surface area contributed by atoms with Crippen molar-refractivity contribution in [3.05, 3.63) is 43.0 Å². The van der Waals surface area contributed by atoms with Gasteiger partial charge in [-0.3, -0.25) is 0 Å². The number of rotatable bonds is 6. The Kier molecular flexibility index (Phi) is 4.00. The summed E-state index contributed by atoms with van der Waals surface area (Å²) in [7, 11) is 0. The first-order valence-electron chi connectivity index (χ1n) is 5.74. The number of fused-ring (bicyclic) bond motifs is 1. The summed E-state index contributed by atoms with van der Waals surface area (Å²) < 4.78 is 10.9. The molecule has 16 heavy (non-hydrogen) atoms. The third-order valence-electron chi connectivity index (χ3n) is 2.58. The van der Waals surface area contributed by atoms with Gasteiger partial charge in [-0.15, -0.1) is 0 Å². The third-order valence-corrected chi connectivity index (χ3v) is 2.58. The zero-order valence-corrected chi connectivity index (χ0v) is 9.45. The fourth-order valence-corrected chi connectivity index (χ4v) is 1.80. The first-order valence-corrected chi connectivity index (χ1v) is 5.74. The highest BCUT2D eigenvalue weighted by Gasteiger charge is 2.03. The van der Waals surface area contributed by atoms with Gasteiger partial charge in [0.1, 0.15) is 5.58 Å². The lowest BCUT2D eigenvalue weighted by atomic mass is 10.1. The van der Waals surface area contributed by atoms with Crippen molar-refractivity contribution in [2.24, 2.45) is 0 Å². The molecule has 0 saturated carbocycles. The van der Waals surface area contributed by atoms with Crippen molar-refractivity contribution < 1.29 is 9.15 Å². The first-order chi connectivity index (χ1) is 7.92. The Bertz CT molecular complexity index is 431. The molecule has 2 nitrogen and oxygen atoms in total. The molecule has 1 heterocycles. The zero-order valence-electron chi connectivity index (χ0n) is 9.45. The van der Waals surface area contributed by atoms with E-state index in [1.165, 1.54) is 10.9 Å². The van der Waals surface area contributed by atoms with Crippen LogP contribution in [0.15, 0.2) is 34.9 Å². The lowest BCUT2D eigenvalue weighted by Gasteiger charge is -2.01. The zero-order chi connectivity index (χ0) is 11.2. The average molecular weight is 217 g/mol. The summed E-state index contributed by atoms with van der Waals surface area (Å²) in [6.45, 7) is 5.29. The van der Waals surface area contributed by atoms with Crippen LogP contribution in [0, 0.1) is 6.92 Å². The molecule has 0 aliphatic carbocycles. The summed E-state index contributed by atoms with van der Waals surface area (Å²) in [5.74, 6) is 0. The smallest absolute Gasteiger partial charge is 0.134 e. The molecule has 0 atom stereocenters. The minimum Gasteiger partial charge on any atom is -0.464 e. The maximum atomic E-state index is 5.48. The van der Waals surface area contributed by atoms with Crippen molar-refractivity contribution in [1.82, 2.24) is 0 Å². The van der Waals surface area contributed by atoms with E-state index >= 15 is 0 Å². The number of aryl methyl sites for hydroxylation is 1. The third kappa shape index (κ3) is 2.64. The van der Waals surface area contributed by atoms with Gasteiger partial charge in [0.15, 0.2) is 0 Å². The fourth-order valence-electron chi connectivity index (χ4n) is 1.80. The molecule has 0 aliphatic heterocycles. The van der Waals surface area contributed by atoms with Crippen molar-refractivity contribution in [2.75, 3.05) is 13.2 Å². The van der Waals surface area contributed by atoms with Crippen molar-refractivity contribution in [3.8, 4) is 0 Å². The molecule has 0 bridgehead atoms. The number of benzene rings is 1. The predicted octanol–water partition coefficient (Wildman–Crippen LogP) is 3.61. The fraction of sp³-hybridized carbons (Fsp3) is 0.357. The summed E-state index contributed by atoms with van der Waals surface area (Å²) >= 11 is 0. The van der Waals surface area contributed by atoms with Crippen LogP contribution in [0.5, 0.6) is 0 Å². The second-order valence-electron chi connectivity index (χ2n) is 3.83. The van der Waals surface area contributed by atoms with Crippen LogP contribution >= 0.6 is 0 Å². The van der Waals surface area contributed by atoms with E-state index in [-0.39, 0.29) is 0 Å². The highest BCUT2D eigenvalue weighted by molar-refractivity contribution is 5.80. The molecule has 0 unspecified atom stereocenters. The molecular formula is C14H17O2. The maximum absolute atomic E-state index is 5.48. The summed E-state index contributed by atoms with van der Waals surface area (Å²) in [6, 6.07) is 8.14. The van der Waals surface area contributed by atoms with E-state index in [2.05, 4.69) is 13.0 Å². The van der Waals surface area contributed by atoms with Crippen LogP contribution in [0.2, 0.25) is 0 Å². The van der Waals surface area contributed by atoms with Gasteiger partial charge < -0.3 is 9.15 Å². The quantitative estimate of drug-likeness (QED) is 0.690. The lowest BCUT2D eigenvalue weighted by Crippen LogP contribution is -1.97. The molecule has 0 aliphatic rings. The number of para-hydroxylation sites is 1. The molecule has 0 amide bonds. The Morgan fingerprint density at radius 3 is 2.94 bits per heavy atom. The average Bonchev–Trinajstić information content (AvgIpc) is 2.73. The molecule has 1 aromatic carbocycles. The monoisotopic (exact) mass is 217 g/mol. The van der Waals surface area contributed by atoms with Crippen molar-refractivity contribution in [1.29, 1.82) is 0 Å². The van der Waals surface area contributed by atoms with Crippen LogP contribution in [-0.2, 0) is 11.2 Å². The molecule has 2 aromatic rings. The van der Waals surface area contributed by atoms with E-state index < -0.39 is 0 Å². The molecule has 1 aromatic heterocycles. The highest BCUT2D eigenvalue weighted by Crippen LogP contribution is 2.21. The van der Waals surface area contributed by atoms with Gasteiger partial charge in [0, 0.05) is 18.6 Å². The van der Waals surface area contributed by atoms with E-state index in [0.29, 0.717) is 0 Å². The minimum atomic E-state index is 0.756. The Morgan fingerprint density at radius 1 is 1.19 bits per heavy atom. The summed E-state index contributed by atoms with van der Waals surface area (Å²) in [6.07, 6.45) is 4.73. The number of ether oxygens (including phenoxy) is 1. The van der Waals surface area contributed by atoms with Crippen LogP contribution in [0.4, 0.5) is 0 Å². The van der Waals surface area contributed by atoms with Crippen LogP contribution < -0.4 is 0 Å². The molecule has 2 rings (SSSR count). The van der Waals surface area contributed by atoms with E-state index in [1.54, 1.807) is 0 Å². The second kappa shape index (κ2) is 5.71. The highest BCUT2D eigenvalue weighted by atomic mass is 16.5. The SMILES string of the molecule is [CH2]CCOCCCc1coc2ccccc12. The van der Waals surface area contributed by atoms with Crippen molar-refractivity contribution in [2.45, 2.75) is 19.3 Å². The Hall–Kier alpha value is -1.28. The molecule has 0 fully saturated rings. The van der Waals surface area contributed by atoms with Crippen LogP contribution in [-0.4, -0.2) is 13.2 Å². The molecule has 85 valence electrons. The predicted molar refractivity (Wildman–Crippen MR) is 65.3 cm³/mol. The van der Waals surface area contributed by atoms with E-state index in [9.17, 15) is 0 Å². The van der Waals surface area contributed by atoms with E-state index in [0.717, 1.165) is 38.1 Å². The van der Waals surface area contributed by atoms with Gasteiger partial charge in [-0.1, -0.05) is 25.1 Å². The topological polar surface area (TPSA) is 22.4 Å². The van der Waals surface area contributed by atoms with Gasteiger partial charge in [-0.2, -0.15) is 0 Å². The summed E-state index contributed by atoms with van der Waals surface area (Å²) in [5.41, 5.74) is 2.24. The lowest BCUT2D eigenvalue weighted by molar-refractivity contribution is 0.136. The Balaban J connectivity index is 1.89. The standard InChI is InChI=1S/C14H17O2/c1-2-9-15-10-5-6-12-11-16-14-8-4-3-7-13(12)14/h3-4,7-8,11H,1-2,5-6,9-10H2.